The van der Waals surface area contributed by atoms with Crippen molar-refractivity contribution < 1.29 is 19.5 Å². The third-order valence-electron chi connectivity index (χ3n) is 5.48. The van der Waals surface area contributed by atoms with Crippen molar-refractivity contribution in [3.8, 4) is 0 Å². The summed E-state index contributed by atoms with van der Waals surface area (Å²) in [5.74, 6) is -0.615. The van der Waals surface area contributed by atoms with Gasteiger partial charge in [-0.05, 0) is 42.4 Å². The molecule has 0 radical (unpaired) electrons. The number of nitrogens with zero attached hydrogens (tertiary/aromatic N) is 2. The van der Waals surface area contributed by atoms with Gasteiger partial charge in [-0.1, -0.05) is 24.3 Å². The van der Waals surface area contributed by atoms with Crippen molar-refractivity contribution in [1.29, 1.82) is 0 Å². The number of carbonyl (C=O) groups excluding carboxylic acids is 2. The molecule has 2 aliphatic rings. The van der Waals surface area contributed by atoms with Crippen LogP contribution in [-0.2, 0) is 14.4 Å². The Morgan fingerprint density at radius 1 is 1.22 bits per heavy atom. The fraction of sp³-hybridized carbons (Fsp3) is 0.476. The molecule has 0 spiro atoms. The van der Waals surface area contributed by atoms with Gasteiger partial charge in [0.15, 0.2) is 0 Å². The number of rotatable bonds is 5. The van der Waals surface area contributed by atoms with Gasteiger partial charge in [0, 0.05) is 32.6 Å². The Bertz CT molecular complexity index is 758. The van der Waals surface area contributed by atoms with E-state index in [0.29, 0.717) is 19.5 Å². The van der Waals surface area contributed by atoms with Crippen molar-refractivity contribution in [2.75, 3.05) is 13.1 Å². The van der Waals surface area contributed by atoms with Gasteiger partial charge in [0.25, 0.3) is 0 Å². The highest BCUT2D eigenvalue weighted by atomic mass is 16.4. The lowest BCUT2D eigenvalue weighted by Gasteiger charge is -2.36. The quantitative estimate of drug-likeness (QED) is 0.864. The van der Waals surface area contributed by atoms with Crippen molar-refractivity contribution in [3.05, 3.63) is 41.6 Å². The van der Waals surface area contributed by atoms with Gasteiger partial charge in [-0.2, -0.15) is 0 Å². The largest absolute Gasteiger partial charge is 0.481 e. The van der Waals surface area contributed by atoms with Gasteiger partial charge in [0.05, 0.1) is 12.5 Å². The summed E-state index contributed by atoms with van der Waals surface area (Å²) in [7, 11) is 0. The standard InChI is InChI=1S/C21H26N2O4/c1-15(24)23-12-10-17-6-2-3-7-18(17)19(23)13-20(25)22-11-4-5-16(14-22)8-9-21(26)27/h2-3,6-7,10,12,16,19H,4-5,8-9,11,13-14H2,1H3,(H,26,27)/t16-,19+/m0/s1. The number of benzene rings is 1. The molecular formula is C21H26N2O4. The van der Waals surface area contributed by atoms with Gasteiger partial charge in [-0.3, -0.25) is 14.4 Å². The number of hydrogen-bond acceptors (Lipinski definition) is 3. The molecule has 0 aromatic heterocycles. The average Bonchev–Trinajstić information content (AvgIpc) is 2.66. The summed E-state index contributed by atoms with van der Waals surface area (Å²) in [5, 5.41) is 8.89. The van der Waals surface area contributed by atoms with Crippen LogP contribution >= 0.6 is 0 Å². The van der Waals surface area contributed by atoms with Crippen molar-refractivity contribution in [1.82, 2.24) is 9.80 Å². The zero-order valence-corrected chi connectivity index (χ0v) is 15.6. The van der Waals surface area contributed by atoms with Gasteiger partial charge in [-0.15, -0.1) is 0 Å². The van der Waals surface area contributed by atoms with E-state index in [0.717, 1.165) is 24.0 Å². The van der Waals surface area contributed by atoms with Gasteiger partial charge in [-0.25, -0.2) is 0 Å². The van der Waals surface area contributed by atoms with Crippen LogP contribution in [0.4, 0.5) is 0 Å². The number of fused-ring (bicyclic) bond motifs is 1. The summed E-state index contributed by atoms with van der Waals surface area (Å²) in [6, 6.07) is 7.54. The van der Waals surface area contributed by atoms with Crippen LogP contribution in [0.5, 0.6) is 0 Å². The zero-order chi connectivity index (χ0) is 19.4. The summed E-state index contributed by atoms with van der Waals surface area (Å²) in [5.41, 5.74) is 2.02. The van der Waals surface area contributed by atoms with Gasteiger partial charge >= 0.3 is 5.97 Å². The lowest BCUT2D eigenvalue weighted by Crippen LogP contribution is -2.42. The van der Waals surface area contributed by atoms with Crippen LogP contribution in [-0.4, -0.2) is 45.8 Å². The van der Waals surface area contributed by atoms with Crippen LogP contribution in [0.25, 0.3) is 6.08 Å². The molecule has 0 aliphatic carbocycles. The number of amides is 2. The van der Waals surface area contributed by atoms with E-state index < -0.39 is 5.97 Å². The minimum atomic E-state index is -0.791. The second-order valence-electron chi connectivity index (χ2n) is 7.37. The SMILES string of the molecule is CC(=O)N1C=Cc2ccccc2[C@H]1CC(=O)N1CCC[C@@H](CCC(=O)O)C1. The smallest absolute Gasteiger partial charge is 0.303 e. The van der Waals surface area contributed by atoms with Crippen molar-refractivity contribution in [2.45, 2.75) is 45.1 Å². The second-order valence-corrected chi connectivity index (χ2v) is 7.37. The molecule has 2 aliphatic heterocycles. The highest BCUT2D eigenvalue weighted by Gasteiger charge is 2.31. The number of carboxylic acid groups (broad SMARTS) is 1. The second kappa shape index (κ2) is 8.37. The molecule has 3 rings (SSSR count). The molecule has 0 unspecified atom stereocenters. The molecule has 2 amide bonds. The van der Waals surface area contributed by atoms with Gasteiger partial charge in [0.1, 0.15) is 0 Å². The van der Waals surface area contributed by atoms with E-state index in [2.05, 4.69) is 0 Å². The summed E-state index contributed by atoms with van der Waals surface area (Å²) in [4.78, 5) is 39.3. The molecule has 27 heavy (non-hydrogen) atoms. The Hall–Kier alpha value is -2.63. The van der Waals surface area contributed by atoms with E-state index in [1.165, 1.54) is 6.92 Å². The Morgan fingerprint density at radius 2 is 2.00 bits per heavy atom. The highest BCUT2D eigenvalue weighted by Crippen LogP contribution is 2.34. The Morgan fingerprint density at radius 3 is 2.74 bits per heavy atom. The molecule has 1 saturated heterocycles. The normalized spacial score (nSPS) is 21.7. The lowest BCUT2D eigenvalue weighted by molar-refractivity contribution is -0.137. The maximum atomic E-state index is 13.0. The third kappa shape index (κ3) is 4.56. The number of likely N-dealkylation sites (tertiary alicyclic amines) is 1. The molecule has 0 saturated carbocycles. The molecule has 144 valence electrons. The summed E-state index contributed by atoms with van der Waals surface area (Å²) in [6.07, 6.45) is 6.51. The number of carboxylic acids is 1. The van der Waals surface area contributed by atoms with Crippen LogP contribution < -0.4 is 0 Å². The average molecular weight is 370 g/mol. The molecule has 2 atom stereocenters. The maximum absolute atomic E-state index is 13.0. The van der Waals surface area contributed by atoms with Gasteiger partial charge in [0.2, 0.25) is 11.8 Å². The van der Waals surface area contributed by atoms with E-state index in [1.54, 1.807) is 11.1 Å². The van der Waals surface area contributed by atoms with E-state index in [9.17, 15) is 14.4 Å². The van der Waals surface area contributed by atoms with Crippen LogP contribution in [0.15, 0.2) is 30.5 Å². The Kier molecular flexibility index (Phi) is 5.94. The highest BCUT2D eigenvalue weighted by molar-refractivity contribution is 5.82. The van der Waals surface area contributed by atoms with Crippen molar-refractivity contribution >= 4 is 23.9 Å². The Labute approximate surface area is 159 Å². The molecule has 1 aromatic rings. The minimum Gasteiger partial charge on any atom is -0.481 e. The van der Waals surface area contributed by atoms with Crippen LogP contribution in [0, 0.1) is 5.92 Å². The van der Waals surface area contributed by atoms with Crippen LogP contribution in [0.3, 0.4) is 0 Å². The van der Waals surface area contributed by atoms with E-state index >= 15 is 0 Å². The summed E-state index contributed by atoms with van der Waals surface area (Å²) in [6.45, 7) is 2.82. The molecular weight excluding hydrogens is 344 g/mol. The Balaban J connectivity index is 1.70. The molecule has 6 heteroatoms. The number of hydrogen-bond donors (Lipinski definition) is 1. The molecule has 1 fully saturated rings. The first-order valence-electron chi connectivity index (χ1n) is 9.51. The predicted molar refractivity (Wildman–Crippen MR) is 102 cm³/mol. The molecule has 1 aromatic carbocycles. The first kappa shape index (κ1) is 19.1. The molecule has 6 nitrogen and oxygen atoms in total. The monoisotopic (exact) mass is 370 g/mol. The van der Waals surface area contributed by atoms with Gasteiger partial charge < -0.3 is 14.9 Å². The maximum Gasteiger partial charge on any atom is 0.303 e. The molecule has 2 heterocycles. The van der Waals surface area contributed by atoms with E-state index in [1.807, 2.05) is 35.2 Å². The van der Waals surface area contributed by atoms with Crippen LogP contribution in [0.2, 0.25) is 0 Å². The van der Waals surface area contributed by atoms with E-state index in [-0.39, 0.29) is 36.6 Å². The summed E-state index contributed by atoms with van der Waals surface area (Å²) >= 11 is 0. The topological polar surface area (TPSA) is 77.9 Å². The van der Waals surface area contributed by atoms with Crippen molar-refractivity contribution in [2.24, 2.45) is 5.92 Å². The molecule has 1 N–H and O–H groups in total. The van der Waals surface area contributed by atoms with Crippen LogP contribution in [0.1, 0.15) is 56.2 Å². The number of carbonyl (C=O) groups is 3. The van der Waals surface area contributed by atoms with Crippen molar-refractivity contribution in [3.63, 3.8) is 0 Å². The summed E-state index contributed by atoms with van der Waals surface area (Å²) < 4.78 is 0. The number of aliphatic carboxylic acids is 1. The molecule has 0 bridgehead atoms. The number of piperidine rings is 1. The third-order valence-corrected chi connectivity index (χ3v) is 5.48. The zero-order valence-electron chi connectivity index (χ0n) is 15.6. The van der Waals surface area contributed by atoms with E-state index in [4.69, 9.17) is 5.11 Å². The minimum absolute atomic E-state index is 0.0244. The fourth-order valence-corrected chi connectivity index (χ4v) is 4.06. The predicted octanol–water partition coefficient (Wildman–Crippen LogP) is 3.05. The lowest BCUT2D eigenvalue weighted by atomic mass is 9.91. The first-order valence-corrected chi connectivity index (χ1v) is 9.51. The first-order chi connectivity index (χ1) is 13.0. The fourth-order valence-electron chi connectivity index (χ4n) is 4.06.